The number of halogens is 1. The summed E-state index contributed by atoms with van der Waals surface area (Å²) in [7, 11) is 1.67. The predicted octanol–water partition coefficient (Wildman–Crippen LogP) is 2.60. The molecule has 192 valence electrons. The lowest BCUT2D eigenvalue weighted by Crippen LogP contribution is -2.76. The van der Waals surface area contributed by atoms with E-state index in [1.165, 1.54) is 17.1 Å². The minimum atomic E-state index is -0.773. The summed E-state index contributed by atoms with van der Waals surface area (Å²) in [5.41, 5.74) is 1.65. The lowest BCUT2D eigenvalue weighted by atomic mass is 9.99. The predicted molar refractivity (Wildman–Crippen MR) is 132 cm³/mol. The average molecular weight is 506 g/mol. The van der Waals surface area contributed by atoms with E-state index in [1.54, 1.807) is 52.4 Å². The van der Waals surface area contributed by atoms with Crippen molar-refractivity contribution in [3.63, 3.8) is 0 Å². The van der Waals surface area contributed by atoms with Crippen LogP contribution in [0.3, 0.4) is 0 Å². The lowest BCUT2D eigenvalue weighted by molar-refractivity contribution is -0.187. The van der Waals surface area contributed by atoms with Crippen molar-refractivity contribution in [2.75, 3.05) is 20.1 Å². The summed E-state index contributed by atoms with van der Waals surface area (Å²) >= 11 is 0. The van der Waals surface area contributed by atoms with Gasteiger partial charge in [-0.05, 0) is 35.4 Å². The van der Waals surface area contributed by atoms with Gasteiger partial charge in [0.1, 0.15) is 23.8 Å². The number of carbonyl (C=O) groups is 3. The zero-order chi connectivity index (χ0) is 25.9. The van der Waals surface area contributed by atoms with Gasteiger partial charge in [-0.3, -0.25) is 9.59 Å². The Morgan fingerprint density at radius 2 is 1.78 bits per heavy atom. The highest BCUT2D eigenvalue weighted by molar-refractivity contribution is 5.91. The van der Waals surface area contributed by atoms with Gasteiger partial charge >= 0.3 is 6.03 Å². The van der Waals surface area contributed by atoms with E-state index in [1.807, 2.05) is 30.3 Å². The molecule has 2 fully saturated rings. The molecule has 0 unspecified atom stereocenters. The minimum Gasteiger partial charge on any atom is -0.467 e. The molecule has 2 aliphatic rings. The highest BCUT2D eigenvalue weighted by Crippen LogP contribution is 2.28. The topological polar surface area (TPSA) is 89.3 Å². The number of furan rings is 1. The van der Waals surface area contributed by atoms with Crippen molar-refractivity contribution in [3.8, 4) is 0 Å². The molecule has 1 N–H and O–H groups in total. The van der Waals surface area contributed by atoms with Crippen molar-refractivity contribution >= 4 is 17.8 Å². The summed E-state index contributed by atoms with van der Waals surface area (Å²) < 4.78 is 18.8. The van der Waals surface area contributed by atoms with Gasteiger partial charge in [0.05, 0.1) is 25.9 Å². The highest BCUT2D eigenvalue weighted by Gasteiger charge is 2.50. The van der Waals surface area contributed by atoms with Gasteiger partial charge in [-0.15, -0.1) is 0 Å². The average Bonchev–Trinajstić information content (AvgIpc) is 3.40. The number of hydrazine groups is 1. The van der Waals surface area contributed by atoms with Crippen molar-refractivity contribution in [1.29, 1.82) is 0 Å². The Bertz CT molecular complexity index is 1250. The van der Waals surface area contributed by atoms with Crippen LogP contribution in [0.15, 0.2) is 77.4 Å². The fourth-order valence-corrected chi connectivity index (χ4v) is 4.94. The van der Waals surface area contributed by atoms with Gasteiger partial charge in [0.25, 0.3) is 0 Å². The quantitative estimate of drug-likeness (QED) is 0.557. The molecule has 0 radical (unpaired) electrons. The molecule has 9 nitrogen and oxygen atoms in total. The monoisotopic (exact) mass is 505 g/mol. The Hall–Kier alpha value is -4.18. The van der Waals surface area contributed by atoms with Crippen LogP contribution in [-0.4, -0.2) is 70.0 Å². The van der Waals surface area contributed by atoms with E-state index in [9.17, 15) is 18.8 Å². The molecule has 4 amide bonds. The minimum absolute atomic E-state index is 0.0444. The standard InChI is InChI=1S/C27H28FN5O4/c1-30-18-25(34)32-23(14-19-6-3-2-4-7-19)26(35)31(16-22-8-5-13-37-22)17-24(32)33(30)27(36)29-15-20-9-11-21(28)12-10-20/h2-13,23-24H,14-18H2,1H3,(H,29,36)/t23-,24-/m0/s1. The number of urea groups is 1. The number of fused-ring (bicyclic) bond motifs is 1. The molecular formula is C27H28FN5O4. The largest absolute Gasteiger partial charge is 0.467 e. The number of hydrogen-bond donors (Lipinski definition) is 1. The summed E-state index contributed by atoms with van der Waals surface area (Å²) in [4.78, 5) is 43.6. The number of hydrogen-bond acceptors (Lipinski definition) is 5. The molecule has 3 aromatic rings. The van der Waals surface area contributed by atoms with Crippen LogP contribution in [0.4, 0.5) is 9.18 Å². The molecule has 0 saturated carbocycles. The Balaban J connectivity index is 1.43. The zero-order valence-electron chi connectivity index (χ0n) is 20.4. The molecule has 2 aliphatic heterocycles. The third kappa shape index (κ3) is 5.19. The van der Waals surface area contributed by atoms with Crippen LogP contribution in [0, 0.1) is 5.82 Å². The SMILES string of the molecule is CN1CC(=O)N2[C@@H](Cc3ccccc3)C(=O)N(Cc3ccco3)C[C@@H]2N1C(=O)NCc1ccc(F)cc1. The van der Waals surface area contributed by atoms with Crippen molar-refractivity contribution in [3.05, 3.63) is 95.7 Å². The fourth-order valence-electron chi connectivity index (χ4n) is 4.94. The van der Waals surface area contributed by atoms with Crippen LogP contribution in [-0.2, 0) is 29.1 Å². The maximum Gasteiger partial charge on any atom is 0.334 e. The van der Waals surface area contributed by atoms with Crippen molar-refractivity contribution < 1.29 is 23.2 Å². The van der Waals surface area contributed by atoms with Crippen molar-refractivity contribution in [2.45, 2.75) is 31.7 Å². The second kappa shape index (κ2) is 10.4. The number of carbonyl (C=O) groups excluding carboxylic acids is 3. The van der Waals surface area contributed by atoms with E-state index in [-0.39, 0.29) is 43.8 Å². The number of piperazine rings is 1. The highest BCUT2D eigenvalue weighted by atomic mass is 19.1. The van der Waals surface area contributed by atoms with Gasteiger partial charge in [0.15, 0.2) is 0 Å². The molecule has 37 heavy (non-hydrogen) atoms. The maximum absolute atomic E-state index is 13.7. The lowest BCUT2D eigenvalue weighted by Gasteiger charge is -2.54. The first kappa shape index (κ1) is 24.5. The molecule has 2 aromatic carbocycles. The first-order valence-corrected chi connectivity index (χ1v) is 12.1. The molecule has 1 aromatic heterocycles. The van der Waals surface area contributed by atoms with E-state index < -0.39 is 18.2 Å². The number of likely N-dealkylation sites (N-methyl/N-ethyl adjacent to an activating group) is 1. The normalized spacial score (nSPS) is 20.2. The third-order valence-electron chi connectivity index (χ3n) is 6.70. The fraction of sp³-hybridized carbons (Fsp3) is 0.296. The van der Waals surface area contributed by atoms with Gasteiger partial charge in [0.2, 0.25) is 11.8 Å². The Labute approximate surface area is 214 Å². The third-order valence-corrected chi connectivity index (χ3v) is 6.70. The maximum atomic E-state index is 13.7. The molecule has 2 saturated heterocycles. The van der Waals surface area contributed by atoms with Crippen LogP contribution < -0.4 is 5.32 Å². The second-order valence-corrected chi connectivity index (χ2v) is 9.23. The number of amides is 4. The van der Waals surface area contributed by atoms with Crippen LogP contribution in [0.1, 0.15) is 16.9 Å². The molecule has 10 heteroatoms. The van der Waals surface area contributed by atoms with E-state index in [2.05, 4.69) is 5.32 Å². The van der Waals surface area contributed by atoms with Crippen molar-refractivity contribution in [2.24, 2.45) is 0 Å². The number of nitrogens with zero attached hydrogens (tertiary/aromatic N) is 4. The summed E-state index contributed by atoms with van der Waals surface area (Å²) in [5.74, 6) is -0.154. The van der Waals surface area contributed by atoms with Crippen LogP contribution >= 0.6 is 0 Å². The zero-order valence-corrected chi connectivity index (χ0v) is 20.4. The smallest absolute Gasteiger partial charge is 0.334 e. The van der Waals surface area contributed by atoms with Gasteiger partial charge < -0.3 is 19.5 Å². The summed E-state index contributed by atoms with van der Waals surface area (Å²) in [6.07, 6.45) is 1.16. The van der Waals surface area contributed by atoms with Gasteiger partial charge in [-0.25, -0.2) is 19.2 Å². The number of benzene rings is 2. The van der Waals surface area contributed by atoms with Crippen LogP contribution in [0.25, 0.3) is 0 Å². The second-order valence-electron chi connectivity index (χ2n) is 9.23. The molecule has 0 bridgehead atoms. The first-order chi connectivity index (χ1) is 17.9. The molecular weight excluding hydrogens is 477 g/mol. The van der Waals surface area contributed by atoms with Gasteiger partial charge in [0, 0.05) is 20.0 Å². The van der Waals surface area contributed by atoms with E-state index >= 15 is 0 Å². The molecule has 0 aliphatic carbocycles. The Morgan fingerprint density at radius 1 is 1.03 bits per heavy atom. The van der Waals surface area contributed by atoms with Crippen LogP contribution in [0.2, 0.25) is 0 Å². The summed E-state index contributed by atoms with van der Waals surface area (Å²) in [5, 5.41) is 5.93. The number of nitrogens with one attached hydrogen (secondary N) is 1. The molecule has 0 spiro atoms. The molecule has 3 heterocycles. The summed E-state index contributed by atoms with van der Waals surface area (Å²) in [6, 6.07) is 17.7. The molecule has 2 atom stereocenters. The Morgan fingerprint density at radius 3 is 2.49 bits per heavy atom. The van der Waals surface area contributed by atoms with Gasteiger partial charge in [-0.1, -0.05) is 42.5 Å². The van der Waals surface area contributed by atoms with E-state index in [0.717, 1.165) is 11.1 Å². The first-order valence-electron chi connectivity index (χ1n) is 12.1. The number of rotatable bonds is 6. The van der Waals surface area contributed by atoms with Crippen LogP contribution in [0.5, 0.6) is 0 Å². The Kier molecular flexibility index (Phi) is 6.91. The van der Waals surface area contributed by atoms with E-state index in [4.69, 9.17) is 4.42 Å². The van der Waals surface area contributed by atoms with Gasteiger partial charge in [-0.2, -0.15) is 0 Å². The van der Waals surface area contributed by atoms with E-state index in [0.29, 0.717) is 12.2 Å². The molecule has 5 rings (SSSR count). The van der Waals surface area contributed by atoms with Crippen molar-refractivity contribution in [1.82, 2.24) is 25.1 Å². The summed E-state index contributed by atoms with van der Waals surface area (Å²) in [6.45, 7) is 0.499.